The summed E-state index contributed by atoms with van der Waals surface area (Å²) in [7, 11) is 0. The molecule has 1 saturated carbocycles. The first-order chi connectivity index (χ1) is 19.1. The van der Waals surface area contributed by atoms with Gasteiger partial charge in [0.25, 0.3) is 11.8 Å². The number of carbonyl (C=O) groups excluding carboxylic acids is 2. The summed E-state index contributed by atoms with van der Waals surface area (Å²) in [5.74, 6) is 2.07. The molecular weight excluding hydrogens is 486 g/mol. The molecule has 2 aliphatic heterocycles. The van der Waals surface area contributed by atoms with Crippen molar-refractivity contribution in [3.63, 3.8) is 0 Å². The first kappa shape index (κ1) is 22.5. The molecule has 1 N–H and O–H groups in total. The van der Waals surface area contributed by atoms with Gasteiger partial charge in [0, 0.05) is 40.2 Å². The average Bonchev–Trinajstić information content (AvgIpc) is 3.71. The Morgan fingerprint density at radius 1 is 0.615 bits per heavy atom. The van der Waals surface area contributed by atoms with Crippen LogP contribution in [0.25, 0.3) is 32.9 Å². The van der Waals surface area contributed by atoms with Gasteiger partial charge in [0.1, 0.15) is 11.0 Å². The summed E-state index contributed by atoms with van der Waals surface area (Å²) in [6.45, 7) is 3.09. The van der Waals surface area contributed by atoms with Gasteiger partial charge in [0.2, 0.25) is 0 Å². The first-order valence-electron chi connectivity index (χ1n) is 13.6. The fraction of sp³-hybridized carbons (Fsp3) is 0.250. The second-order valence-electron chi connectivity index (χ2n) is 11.2. The Bertz CT molecular complexity index is 1750. The Morgan fingerprint density at radius 2 is 1.18 bits per heavy atom. The maximum atomic E-state index is 13.5. The molecule has 1 aliphatic carbocycles. The summed E-state index contributed by atoms with van der Waals surface area (Å²) in [6.07, 6.45) is 0. The Balaban J connectivity index is 0.00000151. The van der Waals surface area contributed by atoms with Crippen molar-refractivity contribution < 1.29 is 12.4 Å². The second kappa shape index (κ2) is 8.50. The van der Waals surface area contributed by atoms with Gasteiger partial charge in [-0.15, -0.1) is 0 Å². The standard InChI is InChI=1S/C32H27N5O2.2H2/c38-31(23-9-8-21-12-20(6-7-22(21)13-23)19-4-2-1-3-5-19)36-15-25-26(16-36)28-18-37(17-27(25)28)32(39)24-10-11-29-30(14-24)34-35-33-29;;/h1-14,25-28H,15-18H2,(H,33,34,35);2*1H/t25?,26?,27-,28+;;. The number of likely N-dealkylation sites (tertiary alicyclic amines) is 2. The van der Waals surface area contributed by atoms with E-state index in [4.69, 9.17) is 0 Å². The Hall–Kier alpha value is -4.52. The molecule has 2 amide bonds. The van der Waals surface area contributed by atoms with Gasteiger partial charge in [-0.05, 0) is 82.0 Å². The van der Waals surface area contributed by atoms with Gasteiger partial charge < -0.3 is 9.80 Å². The zero-order chi connectivity index (χ0) is 26.1. The quantitative estimate of drug-likeness (QED) is 0.349. The molecule has 7 heteroatoms. The van der Waals surface area contributed by atoms with Crippen molar-refractivity contribution in [1.82, 2.24) is 25.2 Å². The van der Waals surface area contributed by atoms with E-state index in [0.717, 1.165) is 48.0 Å². The van der Waals surface area contributed by atoms with Crippen molar-refractivity contribution >= 4 is 33.6 Å². The predicted octanol–water partition coefficient (Wildman–Crippen LogP) is 5.36. The van der Waals surface area contributed by atoms with Gasteiger partial charge in [-0.2, -0.15) is 15.4 Å². The lowest BCUT2D eigenvalue weighted by Gasteiger charge is -2.42. The summed E-state index contributed by atoms with van der Waals surface area (Å²) in [5, 5.41) is 13.0. The molecule has 0 bridgehead atoms. The molecule has 2 unspecified atom stereocenters. The third-order valence-electron chi connectivity index (χ3n) is 9.26. The summed E-state index contributed by atoms with van der Waals surface area (Å²) in [4.78, 5) is 30.8. The third kappa shape index (κ3) is 3.56. The van der Waals surface area contributed by atoms with Crippen molar-refractivity contribution in [1.29, 1.82) is 0 Å². The number of aromatic nitrogens is 3. The highest BCUT2D eigenvalue weighted by Gasteiger charge is 2.59. The molecule has 3 aliphatic rings. The number of carbonyl (C=O) groups is 2. The zero-order valence-electron chi connectivity index (χ0n) is 21.3. The van der Waals surface area contributed by atoms with Crippen molar-refractivity contribution in [3.05, 3.63) is 96.1 Å². The molecule has 196 valence electrons. The van der Waals surface area contributed by atoms with Crippen LogP contribution in [0.5, 0.6) is 0 Å². The number of nitrogens with one attached hydrogen (secondary N) is 1. The number of aromatic amines is 1. The van der Waals surface area contributed by atoms with Crippen molar-refractivity contribution in [2.75, 3.05) is 26.2 Å². The van der Waals surface area contributed by atoms with Crippen LogP contribution in [-0.2, 0) is 0 Å². The third-order valence-corrected chi connectivity index (χ3v) is 9.26. The molecule has 1 aromatic heterocycles. The Morgan fingerprint density at radius 3 is 1.87 bits per heavy atom. The van der Waals surface area contributed by atoms with E-state index in [2.05, 4.69) is 51.8 Å². The molecule has 0 spiro atoms. The minimum absolute atomic E-state index is 0. The number of nitrogens with zero attached hydrogens (tertiary/aromatic N) is 4. The van der Waals surface area contributed by atoms with E-state index >= 15 is 0 Å². The highest BCUT2D eigenvalue weighted by molar-refractivity contribution is 6.00. The minimum Gasteiger partial charge on any atom is -0.338 e. The van der Waals surface area contributed by atoms with E-state index in [1.54, 1.807) is 0 Å². The SMILES string of the molecule is O=C(c1ccc2cc(-c3ccccc3)ccc2c1)N1CC2C(C1)[C@@H]1CN(C(=O)c3ccc4n[nH]nc4c3)C[C@H]21.[HH].[HH]. The first-order valence-corrected chi connectivity index (χ1v) is 13.6. The number of hydrogen-bond donors (Lipinski definition) is 1. The maximum Gasteiger partial charge on any atom is 0.253 e. The van der Waals surface area contributed by atoms with Crippen LogP contribution in [0.15, 0.2) is 84.9 Å². The topological polar surface area (TPSA) is 82.2 Å². The fourth-order valence-corrected chi connectivity index (χ4v) is 7.23. The van der Waals surface area contributed by atoms with Gasteiger partial charge in [-0.3, -0.25) is 9.59 Å². The Kier molecular flexibility index (Phi) is 4.89. The van der Waals surface area contributed by atoms with Gasteiger partial charge in [0.15, 0.2) is 0 Å². The number of amides is 2. The molecule has 39 heavy (non-hydrogen) atoms. The molecular formula is C32H31N5O2. The van der Waals surface area contributed by atoms with E-state index in [1.165, 1.54) is 11.1 Å². The van der Waals surface area contributed by atoms with Crippen molar-refractivity contribution in [2.45, 2.75) is 0 Å². The summed E-state index contributed by atoms with van der Waals surface area (Å²) in [5.41, 5.74) is 5.24. The predicted molar refractivity (Wildman–Crippen MR) is 153 cm³/mol. The van der Waals surface area contributed by atoms with Crippen LogP contribution < -0.4 is 0 Å². The summed E-state index contributed by atoms with van der Waals surface area (Å²) >= 11 is 0. The van der Waals surface area contributed by atoms with E-state index < -0.39 is 0 Å². The van der Waals surface area contributed by atoms with Gasteiger partial charge in [-0.25, -0.2) is 0 Å². The van der Waals surface area contributed by atoms with Crippen LogP contribution in [-0.4, -0.2) is 63.2 Å². The zero-order valence-corrected chi connectivity index (χ0v) is 21.3. The normalized spacial score (nSPS) is 23.6. The van der Waals surface area contributed by atoms with E-state index in [0.29, 0.717) is 34.8 Å². The molecule has 7 nitrogen and oxygen atoms in total. The van der Waals surface area contributed by atoms with E-state index in [1.807, 2.05) is 58.3 Å². The smallest absolute Gasteiger partial charge is 0.253 e. The summed E-state index contributed by atoms with van der Waals surface area (Å²) < 4.78 is 0. The van der Waals surface area contributed by atoms with Gasteiger partial charge in [0.05, 0.1) is 0 Å². The summed E-state index contributed by atoms with van der Waals surface area (Å²) in [6, 6.07) is 28.3. The molecule has 8 rings (SSSR count). The highest BCUT2D eigenvalue weighted by atomic mass is 16.2. The van der Waals surface area contributed by atoms with Crippen molar-refractivity contribution in [3.8, 4) is 11.1 Å². The van der Waals surface area contributed by atoms with Crippen LogP contribution in [0, 0.1) is 23.7 Å². The van der Waals surface area contributed by atoms with Crippen LogP contribution in [0.2, 0.25) is 0 Å². The lowest BCUT2D eigenvalue weighted by atomic mass is 9.60. The minimum atomic E-state index is 0. The maximum absolute atomic E-state index is 13.5. The van der Waals surface area contributed by atoms with Gasteiger partial charge in [-0.1, -0.05) is 48.5 Å². The molecule has 0 radical (unpaired) electrons. The Labute approximate surface area is 228 Å². The largest absolute Gasteiger partial charge is 0.338 e. The highest BCUT2D eigenvalue weighted by Crippen LogP contribution is 2.54. The molecule has 2 saturated heterocycles. The monoisotopic (exact) mass is 517 g/mol. The van der Waals surface area contributed by atoms with Crippen LogP contribution in [0.1, 0.15) is 23.6 Å². The average molecular weight is 518 g/mol. The molecule has 3 heterocycles. The molecule has 4 aromatic carbocycles. The van der Waals surface area contributed by atoms with E-state index in [-0.39, 0.29) is 14.7 Å². The second-order valence-corrected chi connectivity index (χ2v) is 11.2. The van der Waals surface area contributed by atoms with Crippen LogP contribution >= 0.6 is 0 Å². The molecule has 4 atom stereocenters. The number of rotatable bonds is 3. The number of benzene rings is 4. The number of fused-ring (bicyclic) bond motifs is 6. The number of hydrogen-bond acceptors (Lipinski definition) is 4. The van der Waals surface area contributed by atoms with E-state index in [9.17, 15) is 9.59 Å². The van der Waals surface area contributed by atoms with Crippen LogP contribution in [0.4, 0.5) is 0 Å². The molecule has 3 fully saturated rings. The van der Waals surface area contributed by atoms with Crippen LogP contribution in [0.3, 0.4) is 0 Å². The lowest BCUT2D eigenvalue weighted by Crippen LogP contribution is -2.44. The molecule has 5 aromatic rings. The number of H-pyrrole nitrogens is 1. The lowest BCUT2D eigenvalue weighted by molar-refractivity contribution is 0.0629. The van der Waals surface area contributed by atoms with Crippen molar-refractivity contribution in [2.24, 2.45) is 23.7 Å². The van der Waals surface area contributed by atoms with Gasteiger partial charge >= 0.3 is 0 Å². The fourth-order valence-electron chi connectivity index (χ4n) is 7.23.